The first-order chi connectivity index (χ1) is 10.1. The zero-order valence-electron chi connectivity index (χ0n) is 12.0. The average molecular weight is 281 g/mol. The number of carboxylic acid groups (broad SMARTS) is 1. The second-order valence-corrected chi connectivity index (χ2v) is 5.75. The normalized spacial score (nSPS) is 20.6. The highest BCUT2D eigenvalue weighted by atomic mass is 16.4. The maximum atomic E-state index is 11.0. The lowest BCUT2D eigenvalue weighted by Gasteiger charge is -2.37. The Morgan fingerprint density at radius 3 is 2.62 bits per heavy atom. The molecule has 0 spiro atoms. The van der Waals surface area contributed by atoms with Crippen molar-refractivity contribution in [3.8, 4) is 0 Å². The smallest absolute Gasteiger partial charge is 0.335 e. The van der Waals surface area contributed by atoms with Crippen LogP contribution >= 0.6 is 0 Å². The summed E-state index contributed by atoms with van der Waals surface area (Å²) >= 11 is 0. The molecule has 2 aromatic rings. The highest BCUT2D eigenvalue weighted by Gasteiger charge is 2.30. The molecule has 0 aliphatic heterocycles. The molecule has 1 aliphatic carbocycles. The molecule has 3 heteroatoms. The Balaban J connectivity index is 1.61. The monoisotopic (exact) mass is 281 g/mol. The third-order valence-electron chi connectivity index (χ3n) is 4.25. The number of aryl methyl sites for hydroxylation is 1. The molecule has 21 heavy (non-hydrogen) atoms. The van der Waals surface area contributed by atoms with E-state index in [1.807, 2.05) is 6.07 Å². The minimum Gasteiger partial charge on any atom is -0.478 e. The van der Waals surface area contributed by atoms with Gasteiger partial charge in [-0.2, -0.15) is 0 Å². The van der Waals surface area contributed by atoms with E-state index in [0.717, 1.165) is 18.5 Å². The first kappa shape index (κ1) is 13.7. The summed E-state index contributed by atoms with van der Waals surface area (Å²) in [5, 5.41) is 12.4. The van der Waals surface area contributed by atoms with Gasteiger partial charge in [0.05, 0.1) is 5.56 Å². The number of benzene rings is 2. The Morgan fingerprint density at radius 1 is 1.14 bits per heavy atom. The average Bonchev–Trinajstić information content (AvgIpc) is 2.44. The first-order valence-corrected chi connectivity index (χ1v) is 7.29. The van der Waals surface area contributed by atoms with E-state index in [2.05, 4.69) is 36.5 Å². The fourth-order valence-electron chi connectivity index (χ4n) is 3.01. The van der Waals surface area contributed by atoms with Crippen LogP contribution in [0.2, 0.25) is 0 Å². The summed E-state index contributed by atoms with van der Waals surface area (Å²) < 4.78 is 0. The summed E-state index contributed by atoms with van der Waals surface area (Å²) in [6, 6.07) is 16.0. The van der Waals surface area contributed by atoms with Crippen LogP contribution in [0.5, 0.6) is 0 Å². The van der Waals surface area contributed by atoms with Crippen LogP contribution in [-0.4, -0.2) is 17.1 Å². The molecule has 1 saturated carbocycles. The fourth-order valence-corrected chi connectivity index (χ4v) is 3.01. The van der Waals surface area contributed by atoms with Crippen molar-refractivity contribution in [2.24, 2.45) is 0 Å². The molecule has 108 valence electrons. The molecule has 3 nitrogen and oxygen atoms in total. The summed E-state index contributed by atoms with van der Waals surface area (Å²) in [5.41, 5.74) is 4.02. The van der Waals surface area contributed by atoms with Crippen LogP contribution in [0.25, 0.3) is 0 Å². The van der Waals surface area contributed by atoms with E-state index in [9.17, 15) is 4.79 Å². The molecule has 0 radical (unpaired) electrons. The van der Waals surface area contributed by atoms with Crippen LogP contribution < -0.4 is 5.32 Å². The number of carboxylic acids is 1. The largest absolute Gasteiger partial charge is 0.478 e. The minimum absolute atomic E-state index is 0.328. The first-order valence-electron chi connectivity index (χ1n) is 7.29. The van der Waals surface area contributed by atoms with Gasteiger partial charge in [-0.3, -0.25) is 0 Å². The highest BCUT2D eigenvalue weighted by Crippen LogP contribution is 2.39. The van der Waals surface area contributed by atoms with Gasteiger partial charge in [0.1, 0.15) is 0 Å². The van der Waals surface area contributed by atoms with Gasteiger partial charge in [-0.15, -0.1) is 0 Å². The fraction of sp³-hybridized carbons (Fsp3) is 0.278. The van der Waals surface area contributed by atoms with Gasteiger partial charge >= 0.3 is 5.97 Å². The number of rotatable bonds is 4. The molecule has 0 atom stereocenters. The summed E-state index contributed by atoms with van der Waals surface area (Å²) in [4.78, 5) is 11.0. The topological polar surface area (TPSA) is 49.3 Å². The summed E-state index contributed by atoms with van der Waals surface area (Å²) in [7, 11) is 0. The zero-order valence-corrected chi connectivity index (χ0v) is 12.0. The second kappa shape index (κ2) is 5.60. The number of aromatic carboxylic acids is 1. The van der Waals surface area contributed by atoms with Crippen molar-refractivity contribution in [1.82, 2.24) is 0 Å². The van der Waals surface area contributed by atoms with Crippen molar-refractivity contribution in [2.75, 3.05) is 5.32 Å². The van der Waals surface area contributed by atoms with Crippen molar-refractivity contribution in [3.05, 3.63) is 65.2 Å². The highest BCUT2D eigenvalue weighted by molar-refractivity contribution is 5.88. The molecular formula is C18H19NO2. The number of nitrogens with one attached hydrogen (secondary N) is 1. The Bertz CT molecular complexity index is 660. The maximum Gasteiger partial charge on any atom is 0.335 e. The Labute approximate surface area is 124 Å². The molecular weight excluding hydrogens is 262 g/mol. The van der Waals surface area contributed by atoms with Crippen molar-refractivity contribution >= 4 is 11.7 Å². The minimum atomic E-state index is -0.884. The van der Waals surface area contributed by atoms with Gasteiger partial charge in [-0.1, -0.05) is 30.3 Å². The number of hydrogen-bond donors (Lipinski definition) is 2. The predicted octanol–water partition coefficient (Wildman–Crippen LogP) is 4.05. The zero-order chi connectivity index (χ0) is 14.8. The lowest BCUT2D eigenvalue weighted by atomic mass is 9.74. The van der Waals surface area contributed by atoms with Gasteiger partial charge < -0.3 is 10.4 Å². The van der Waals surface area contributed by atoms with Gasteiger partial charge in [0.2, 0.25) is 0 Å². The molecule has 0 unspecified atom stereocenters. The predicted molar refractivity (Wildman–Crippen MR) is 84.0 cm³/mol. The molecule has 1 fully saturated rings. The van der Waals surface area contributed by atoms with Crippen molar-refractivity contribution in [2.45, 2.75) is 31.7 Å². The van der Waals surface area contributed by atoms with Crippen molar-refractivity contribution in [1.29, 1.82) is 0 Å². The van der Waals surface area contributed by atoms with E-state index in [-0.39, 0.29) is 0 Å². The van der Waals surface area contributed by atoms with E-state index < -0.39 is 5.97 Å². The standard InChI is InChI=1S/C18H19NO2/c1-12-5-2-3-8-17(12)14-10-16(11-14)19-15-7-4-6-13(9-15)18(20)21/h2-9,14,16,19H,10-11H2,1H3,(H,20,21). The second-order valence-electron chi connectivity index (χ2n) is 5.75. The Morgan fingerprint density at radius 2 is 1.90 bits per heavy atom. The Kier molecular flexibility index (Phi) is 3.65. The van der Waals surface area contributed by atoms with Gasteiger partial charge in [0.15, 0.2) is 0 Å². The number of hydrogen-bond acceptors (Lipinski definition) is 2. The molecule has 1 aliphatic rings. The van der Waals surface area contributed by atoms with Gasteiger partial charge in [0.25, 0.3) is 0 Å². The summed E-state index contributed by atoms with van der Waals surface area (Å²) in [6.45, 7) is 2.16. The number of carbonyl (C=O) groups is 1. The van der Waals surface area contributed by atoms with Gasteiger partial charge in [0, 0.05) is 11.7 Å². The maximum absolute atomic E-state index is 11.0. The summed E-state index contributed by atoms with van der Waals surface area (Å²) in [6.07, 6.45) is 2.20. The third kappa shape index (κ3) is 2.92. The van der Waals surface area contributed by atoms with Gasteiger partial charge in [-0.25, -0.2) is 4.79 Å². The SMILES string of the molecule is Cc1ccccc1C1CC(Nc2cccc(C(=O)O)c2)C1. The molecule has 0 heterocycles. The molecule has 2 aromatic carbocycles. The van der Waals surface area contributed by atoms with E-state index in [1.165, 1.54) is 11.1 Å². The van der Waals surface area contributed by atoms with E-state index in [1.54, 1.807) is 18.2 Å². The van der Waals surface area contributed by atoms with Crippen LogP contribution in [0.3, 0.4) is 0 Å². The molecule has 0 saturated heterocycles. The lowest BCUT2D eigenvalue weighted by Crippen LogP contribution is -2.34. The lowest BCUT2D eigenvalue weighted by molar-refractivity contribution is 0.0697. The third-order valence-corrected chi connectivity index (χ3v) is 4.25. The van der Waals surface area contributed by atoms with Crippen molar-refractivity contribution < 1.29 is 9.90 Å². The number of anilines is 1. The molecule has 3 rings (SSSR count). The van der Waals surface area contributed by atoms with Crippen molar-refractivity contribution in [3.63, 3.8) is 0 Å². The molecule has 0 aromatic heterocycles. The van der Waals surface area contributed by atoms with E-state index in [4.69, 9.17) is 5.11 Å². The Hall–Kier alpha value is -2.29. The van der Waals surface area contributed by atoms with Crippen LogP contribution in [0, 0.1) is 6.92 Å². The quantitative estimate of drug-likeness (QED) is 0.888. The molecule has 2 N–H and O–H groups in total. The van der Waals surface area contributed by atoms with Gasteiger partial charge in [-0.05, 0) is 55.0 Å². The van der Waals surface area contributed by atoms with Crippen LogP contribution in [0.4, 0.5) is 5.69 Å². The van der Waals surface area contributed by atoms with E-state index in [0.29, 0.717) is 17.5 Å². The summed E-state index contributed by atoms with van der Waals surface area (Å²) in [5.74, 6) is -0.267. The van der Waals surface area contributed by atoms with E-state index >= 15 is 0 Å². The molecule has 0 amide bonds. The van der Waals surface area contributed by atoms with Crippen LogP contribution in [0.15, 0.2) is 48.5 Å². The molecule has 0 bridgehead atoms. The van der Waals surface area contributed by atoms with Crippen LogP contribution in [0.1, 0.15) is 40.2 Å². The van der Waals surface area contributed by atoms with Crippen LogP contribution in [-0.2, 0) is 0 Å².